The van der Waals surface area contributed by atoms with Gasteiger partial charge in [-0.25, -0.2) is 8.42 Å². The molecule has 5 nitrogen and oxygen atoms in total. The zero-order valence-electron chi connectivity index (χ0n) is 19.1. The summed E-state index contributed by atoms with van der Waals surface area (Å²) in [5, 5.41) is 19.7. The van der Waals surface area contributed by atoms with Gasteiger partial charge in [0.25, 0.3) is 0 Å². The van der Waals surface area contributed by atoms with Crippen molar-refractivity contribution in [1.82, 2.24) is 0 Å². The second-order valence-electron chi connectivity index (χ2n) is 9.01. The van der Waals surface area contributed by atoms with Crippen molar-refractivity contribution in [2.75, 3.05) is 5.75 Å². The molecule has 170 valence electrons. The zero-order chi connectivity index (χ0) is 22.8. The van der Waals surface area contributed by atoms with Gasteiger partial charge >= 0.3 is 7.12 Å². The Bertz CT molecular complexity index is 957. The first-order valence-electron chi connectivity index (χ1n) is 11.4. The number of phenolic OH excluding ortho intramolecular Hbond substituents is 1. The minimum atomic E-state index is -3.25. The van der Waals surface area contributed by atoms with Crippen LogP contribution in [0.5, 0.6) is 5.75 Å². The normalized spacial score (nSPS) is 23.4. The minimum Gasteiger partial charge on any atom is -0.507 e. The number of sulfone groups is 1. The van der Waals surface area contributed by atoms with Crippen molar-refractivity contribution >= 4 is 23.0 Å². The lowest BCUT2D eigenvalue weighted by atomic mass is 9.74. The van der Waals surface area contributed by atoms with Crippen LogP contribution in [-0.4, -0.2) is 42.8 Å². The van der Waals surface area contributed by atoms with E-state index in [0.717, 1.165) is 59.9 Å². The van der Waals surface area contributed by atoms with Crippen LogP contribution in [0.2, 0.25) is 6.32 Å². The van der Waals surface area contributed by atoms with E-state index in [9.17, 15) is 18.5 Å². The van der Waals surface area contributed by atoms with E-state index in [1.165, 1.54) is 5.57 Å². The fraction of sp³-hybridized carbons (Fsp3) is 0.583. The van der Waals surface area contributed by atoms with E-state index < -0.39 is 22.2 Å². The molecule has 0 aromatic heterocycles. The molecule has 1 aromatic rings. The summed E-state index contributed by atoms with van der Waals surface area (Å²) >= 11 is 0. The predicted molar refractivity (Wildman–Crippen MR) is 127 cm³/mol. The molecule has 31 heavy (non-hydrogen) atoms. The SMILES string of the molecule is CCCC1=C2[C@@H](CC/C(=C/c3cc(C)c(O)c(C)c3)CCC)OB(O)C[C@@H]2S(=O)(=O)C1. The topological polar surface area (TPSA) is 83.8 Å². The standard InChI is InChI=1S/C24H35BO5S/c1-5-7-18(13-19-11-16(3)24(26)17(4)12-19)9-10-21-23-20(8-6-2)15-31(28,29)22(23)14-25(27)30-21/h11-13,21-22,26-27H,5-10,14-15H2,1-4H3/b18-13+/t21-,22+/m1/s1. The monoisotopic (exact) mass is 446 g/mol. The van der Waals surface area contributed by atoms with Crippen molar-refractivity contribution in [3.63, 3.8) is 0 Å². The van der Waals surface area contributed by atoms with Gasteiger partial charge in [0, 0.05) is 6.32 Å². The number of aryl methyl sites for hydroxylation is 2. The molecule has 0 aliphatic carbocycles. The summed E-state index contributed by atoms with van der Waals surface area (Å²) in [6.07, 6.45) is 7.02. The summed E-state index contributed by atoms with van der Waals surface area (Å²) in [6.45, 7) is 8.01. The Hall–Kier alpha value is -1.57. The molecule has 2 aliphatic heterocycles. The van der Waals surface area contributed by atoms with E-state index in [1.54, 1.807) is 0 Å². The third-order valence-electron chi connectivity index (χ3n) is 6.38. The van der Waals surface area contributed by atoms with Gasteiger partial charge < -0.3 is 14.8 Å². The molecule has 0 spiro atoms. The number of rotatable bonds is 8. The van der Waals surface area contributed by atoms with Gasteiger partial charge in [-0.2, -0.15) is 0 Å². The van der Waals surface area contributed by atoms with Gasteiger partial charge in [-0.1, -0.05) is 43.9 Å². The van der Waals surface area contributed by atoms with Crippen LogP contribution in [0.15, 0.2) is 28.9 Å². The Morgan fingerprint density at radius 1 is 1.19 bits per heavy atom. The van der Waals surface area contributed by atoms with Crippen LogP contribution < -0.4 is 0 Å². The molecule has 0 bridgehead atoms. The van der Waals surface area contributed by atoms with E-state index in [-0.39, 0.29) is 18.2 Å². The molecule has 2 heterocycles. The fourth-order valence-corrected chi connectivity index (χ4v) is 7.18. The van der Waals surface area contributed by atoms with Crippen LogP contribution in [0.1, 0.15) is 69.1 Å². The number of fused-ring (bicyclic) bond motifs is 1. The van der Waals surface area contributed by atoms with E-state index >= 15 is 0 Å². The Labute approximate surface area is 187 Å². The largest absolute Gasteiger partial charge is 0.507 e. The zero-order valence-corrected chi connectivity index (χ0v) is 20.0. The van der Waals surface area contributed by atoms with Crippen LogP contribution in [0.4, 0.5) is 0 Å². The molecule has 3 rings (SSSR count). The molecule has 2 aliphatic rings. The highest BCUT2D eigenvalue weighted by Gasteiger charge is 2.48. The van der Waals surface area contributed by atoms with Crippen LogP contribution in [0.25, 0.3) is 6.08 Å². The maximum Gasteiger partial charge on any atom is 0.456 e. The van der Waals surface area contributed by atoms with Gasteiger partial charge in [0.05, 0.1) is 17.1 Å². The molecule has 1 saturated heterocycles. The molecule has 0 radical (unpaired) electrons. The highest BCUT2D eigenvalue weighted by atomic mass is 32.2. The molecular formula is C24H35BO5S. The molecule has 0 saturated carbocycles. The van der Waals surface area contributed by atoms with Crippen LogP contribution in [0.3, 0.4) is 0 Å². The van der Waals surface area contributed by atoms with Gasteiger partial charge in [-0.15, -0.1) is 0 Å². The highest BCUT2D eigenvalue weighted by molar-refractivity contribution is 7.92. The third-order valence-corrected chi connectivity index (χ3v) is 8.45. The Balaban J connectivity index is 1.84. The predicted octanol–water partition coefficient (Wildman–Crippen LogP) is 4.75. The Kier molecular flexibility index (Phi) is 7.71. The van der Waals surface area contributed by atoms with Gasteiger partial charge in [-0.05, 0) is 73.9 Å². The minimum absolute atomic E-state index is 0.108. The van der Waals surface area contributed by atoms with Gasteiger partial charge in [-0.3, -0.25) is 0 Å². The number of hydrogen-bond donors (Lipinski definition) is 2. The van der Waals surface area contributed by atoms with E-state index in [4.69, 9.17) is 4.65 Å². The van der Waals surface area contributed by atoms with Crippen molar-refractivity contribution in [2.45, 2.75) is 83.9 Å². The van der Waals surface area contributed by atoms with Crippen LogP contribution >= 0.6 is 0 Å². The second kappa shape index (κ2) is 9.93. The van der Waals surface area contributed by atoms with Crippen LogP contribution in [0, 0.1) is 13.8 Å². The summed E-state index contributed by atoms with van der Waals surface area (Å²) in [6, 6.07) is 3.97. The van der Waals surface area contributed by atoms with Crippen molar-refractivity contribution < 1.29 is 23.2 Å². The number of allylic oxidation sites excluding steroid dienone is 1. The molecule has 2 atom stereocenters. The summed E-state index contributed by atoms with van der Waals surface area (Å²) < 4.78 is 31.3. The lowest BCUT2D eigenvalue weighted by Crippen LogP contribution is -2.41. The van der Waals surface area contributed by atoms with E-state index in [2.05, 4.69) is 19.9 Å². The maximum atomic E-state index is 12.7. The smallest absolute Gasteiger partial charge is 0.456 e. The second-order valence-corrected chi connectivity index (χ2v) is 11.2. The first kappa shape index (κ1) is 24.1. The Morgan fingerprint density at radius 2 is 1.87 bits per heavy atom. The summed E-state index contributed by atoms with van der Waals surface area (Å²) in [5.74, 6) is 0.444. The lowest BCUT2D eigenvalue weighted by Gasteiger charge is -2.32. The molecule has 1 fully saturated rings. The van der Waals surface area contributed by atoms with Crippen molar-refractivity contribution in [3.05, 3.63) is 45.5 Å². The average molecular weight is 446 g/mol. The van der Waals surface area contributed by atoms with E-state index in [0.29, 0.717) is 12.2 Å². The van der Waals surface area contributed by atoms with Gasteiger partial charge in [0.15, 0.2) is 9.84 Å². The number of aromatic hydroxyl groups is 1. The van der Waals surface area contributed by atoms with Gasteiger partial charge in [0.1, 0.15) is 5.75 Å². The summed E-state index contributed by atoms with van der Waals surface area (Å²) in [5.41, 5.74) is 5.96. The fourth-order valence-electron chi connectivity index (χ4n) is 5.02. The number of benzene rings is 1. The van der Waals surface area contributed by atoms with E-state index in [1.807, 2.05) is 26.0 Å². The highest BCUT2D eigenvalue weighted by Crippen LogP contribution is 2.41. The average Bonchev–Trinajstić information content (AvgIpc) is 2.94. The molecular weight excluding hydrogens is 411 g/mol. The van der Waals surface area contributed by atoms with Gasteiger partial charge in [0.2, 0.25) is 0 Å². The first-order valence-corrected chi connectivity index (χ1v) is 13.1. The Morgan fingerprint density at radius 3 is 2.48 bits per heavy atom. The molecule has 0 amide bonds. The van der Waals surface area contributed by atoms with Crippen molar-refractivity contribution in [1.29, 1.82) is 0 Å². The quantitative estimate of drug-likeness (QED) is 0.445. The van der Waals surface area contributed by atoms with Crippen LogP contribution in [-0.2, 0) is 14.5 Å². The van der Waals surface area contributed by atoms with Crippen molar-refractivity contribution in [2.24, 2.45) is 0 Å². The molecule has 0 unspecified atom stereocenters. The lowest BCUT2D eigenvalue weighted by molar-refractivity contribution is 0.169. The third kappa shape index (κ3) is 5.44. The van der Waals surface area contributed by atoms with Crippen molar-refractivity contribution in [3.8, 4) is 5.75 Å². The first-order chi connectivity index (χ1) is 14.7. The number of phenols is 1. The maximum absolute atomic E-state index is 12.7. The molecule has 1 aromatic carbocycles. The molecule has 7 heteroatoms. The summed E-state index contributed by atoms with van der Waals surface area (Å²) in [7, 11) is -4.28. The summed E-state index contributed by atoms with van der Waals surface area (Å²) in [4.78, 5) is 0. The molecule has 2 N–H and O–H groups in total. The number of hydrogen-bond acceptors (Lipinski definition) is 5.